The minimum absolute atomic E-state index is 0.679. The van der Waals surface area contributed by atoms with E-state index in [-0.39, 0.29) is 0 Å². The van der Waals surface area contributed by atoms with Gasteiger partial charge < -0.3 is 10.3 Å². The zero-order valence-electron chi connectivity index (χ0n) is 16.1. The van der Waals surface area contributed by atoms with Gasteiger partial charge in [-0.1, -0.05) is 23.8 Å². The fourth-order valence-corrected chi connectivity index (χ4v) is 4.15. The summed E-state index contributed by atoms with van der Waals surface area (Å²) >= 11 is 3.45. The van der Waals surface area contributed by atoms with E-state index in [2.05, 4.69) is 65.8 Å². The van der Waals surface area contributed by atoms with E-state index < -0.39 is 0 Å². The van der Waals surface area contributed by atoms with Gasteiger partial charge in [-0.25, -0.2) is 4.68 Å². The number of nitrogens with zero attached hydrogens (tertiary/aromatic N) is 4. The summed E-state index contributed by atoms with van der Waals surface area (Å²) in [6.45, 7) is 2.70. The summed E-state index contributed by atoms with van der Waals surface area (Å²) in [6.07, 6.45) is 9.67. The van der Waals surface area contributed by atoms with Crippen LogP contribution >= 0.6 is 15.9 Å². The largest absolute Gasteiger partial charge is 0.357 e. The fraction of sp³-hybridized carbons (Fsp3) is 0.318. The number of H-pyrrole nitrogens is 1. The third-order valence-electron chi connectivity index (χ3n) is 5.60. The van der Waals surface area contributed by atoms with Gasteiger partial charge in [-0.05, 0) is 70.4 Å². The highest BCUT2D eigenvalue weighted by Crippen LogP contribution is 2.25. The Labute approximate surface area is 177 Å². The van der Waals surface area contributed by atoms with Crippen molar-refractivity contribution >= 4 is 26.8 Å². The molecule has 2 N–H and O–H groups in total. The van der Waals surface area contributed by atoms with E-state index in [9.17, 15) is 0 Å². The number of aromatic nitrogens is 5. The van der Waals surface area contributed by atoms with Gasteiger partial charge in [0, 0.05) is 40.2 Å². The fourth-order valence-electron chi connectivity index (χ4n) is 3.78. The summed E-state index contributed by atoms with van der Waals surface area (Å²) in [5, 5.41) is 13.4. The number of hydrogen-bond donors (Lipinski definition) is 2. The molecular weight excluding hydrogens is 428 g/mol. The van der Waals surface area contributed by atoms with Gasteiger partial charge in [0.25, 0.3) is 0 Å². The Kier molecular flexibility index (Phi) is 5.16. The van der Waals surface area contributed by atoms with Crippen LogP contribution in [0.3, 0.4) is 0 Å². The minimum Gasteiger partial charge on any atom is -0.357 e. The molecule has 4 aromatic rings. The lowest BCUT2D eigenvalue weighted by Gasteiger charge is -2.25. The van der Waals surface area contributed by atoms with Crippen LogP contribution in [-0.4, -0.2) is 31.5 Å². The number of benzene rings is 1. The summed E-state index contributed by atoms with van der Waals surface area (Å²) in [5.74, 6) is 0.881. The molecule has 1 aliphatic carbocycles. The van der Waals surface area contributed by atoms with Crippen molar-refractivity contribution in [2.45, 2.75) is 32.4 Å². The number of nitrogens with one attached hydrogen (secondary N) is 2. The summed E-state index contributed by atoms with van der Waals surface area (Å²) in [7, 11) is 0. The second-order valence-electron chi connectivity index (χ2n) is 7.84. The number of rotatable bonds is 7. The molecule has 0 spiro atoms. The summed E-state index contributed by atoms with van der Waals surface area (Å²) in [5.41, 5.74) is 5.36. The number of pyridine rings is 1. The second kappa shape index (κ2) is 8.08. The Balaban J connectivity index is 1.27. The van der Waals surface area contributed by atoms with Crippen LogP contribution in [0.25, 0.3) is 22.2 Å². The predicted molar refractivity (Wildman–Crippen MR) is 117 cm³/mol. The zero-order valence-corrected chi connectivity index (χ0v) is 17.7. The molecule has 0 atom stereocenters. The molecule has 1 aromatic carbocycles. The van der Waals surface area contributed by atoms with Gasteiger partial charge in [-0.3, -0.25) is 4.98 Å². The Bertz CT molecular complexity index is 1130. The van der Waals surface area contributed by atoms with Crippen LogP contribution in [0.2, 0.25) is 0 Å². The third-order valence-corrected chi connectivity index (χ3v) is 6.03. The minimum atomic E-state index is 0.679. The van der Waals surface area contributed by atoms with Crippen molar-refractivity contribution < 1.29 is 0 Å². The van der Waals surface area contributed by atoms with Crippen molar-refractivity contribution in [1.82, 2.24) is 30.3 Å². The smallest absolute Gasteiger partial charge is 0.114 e. The first-order valence-electron chi connectivity index (χ1n) is 10.1. The van der Waals surface area contributed by atoms with Crippen molar-refractivity contribution in [3.63, 3.8) is 0 Å². The molecular formula is C22H23BrN6. The monoisotopic (exact) mass is 450 g/mol. The maximum Gasteiger partial charge on any atom is 0.114 e. The topological polar surface area (TPSA) is 71.4 Å². The summed E-state index contributed by atoms with van der Waals surface area (Å²) < 4.78 is 2.79. The maximum atomic E-state index is 4.29. The Morgan fingerprint density at radius 2 is 2.10 bits per heavy atom. The summed E-state index contributed by atoms with van der Waals surface area (Å²) in [6, 6.07) is 10.8. The van der Waals surface area contributed by atoms with Crippen molar-refractivity contribution in [3.8, 4) is 11.3 Å². The molecule has 0 saturated heterocycles. The van der Waals surface area contributed by atoms with E-state index in [1.165, 1.54) is 41.4 Å². The zero-order chi connectivity index (χ0) is 19.6. The first kappa shape index (κ1) is 18.5. The molecule has 0 unspecified atom stereocenters. The number of fused-ring (bicyclic) bond motifs is 1. The van der Waals surface area contributed by atoms with Crippen molar-refractivity contribution in [2.75, 3.05) is 6.54 Å². The molecule has 29 heavy (non-hydrogen) atoms. The third kappa shape index (κ3) is 4.26. The van der Waals surface area contributed by atoms with Crippen LogP contribution < -0.4 is 5.32 Å². The predicted octanol–water partition coefficient (Wildman–Crippen LogP) is 4.52. The van der Waals surface area contributed by atoms with E-state index in [0.717, 1.165) is 34.7 Å². The molecule has 3 heterocycles. The van der Waals surface area contributed by atoms with Crippen molar-refractivity contribution in [2.24, 2.45) is 5.92 Å². The molecule has 3 aromatic heterocycles. The van der Waals surface area contributed by atoms with Gasteiger partial charge in [-0.15, -0.1) is 5.10 Å². The second-order valence-corrected chi connectivity index (χ2v) is 8.75. The lowest BCUT2D eigenvalue weighted by Crippen LogP contribution is -2.26. The highest BCUT2D eigenvalue weighted by molar-refractivity contribution is 9.10. The van der Waals surface area contributed by atoms with Crippen LogP contribution in [0, 0.1) is 5.92 Å². The van der Waals surface area contributed by atoms with E-state index >= 15 is 0 Å². The van der Waals surface area contributed by atoms with Gasteiger partial charge in [-0.2, -0.15) is 0 Å². The Morgan fingerprint density at radius 1 is 1.17 bits per heavy atom. The normalized spacial score (nSPS) is 14.4. The highest BCUT2D eigenvalue weighted by Gasteiger charge is 2.16. The van der Waals surface area contributed by atoms with Crippen LogP contribution in [0.15, 0.2) is 53.4 Å². The molecule has 7 heteroatoms. The average Bonchev–Trinajstić information content (AvgIpc) is 3.30. The SMILES string of the molecule is Brc1cncc(-c2cn(Cc3ccc4cc(CNCC5CCC5)[nH]c4c3)nn2)c1. The maximum absolute atomic E-state index is 4.29. The van der Waals surface area contributed by atoms with E-state index in [4.69, 9.17) is 0 Å². The van der Waals surface area contributed by atoms with Crippen LogP contribution in [0.5, 0.6) is 0 Å². The molecule has 0 bridgehead atoms. The van der Waals surface area contributed by atoms with Crippen LogP contribution in [0.4, 0.5) is 0 Å². The standard InChI is InChI=1S/C22H23BrN6/c23-19-7-18(10-25-11-19)22-14-29(28-27-22)13-16-4-5-17-8-20(26-21(17)6-16)12-24-9-15-2-1-3-15/h4-8,10-11,14-15,24,26H,1-3,9,12-13H2. The average molecular weight is 451 g/mol. The highest BCUT2D eigenvalue weighted by atomic mass is 79.9. The Hall–Kier alpha value is -2.51. The van der Waals surface area contributed by atoms with Gasteiger partial charge in [0.1, 0.15) is 5.69 Å². The molecule has 0 aliphatic heterocycles. The van der Waals surface area contributed by atoms with Gasteiger partial charge >= 0.3 is 0 Å². The van der Waals surface area contributed by atoms with Crippen LogP contribution in [0.1, 0.15) is 30.5 Å². The van der Waals surface area contributed by atoms with E-state index in [1.807, 2.05) is 16.9 Å². The van der Waals surface area contributed by atoms with E-state index in [1.54, 1.807) is 12.4 Å². The van der Waals surface area contributed by atoms with Gasteiger partial charge in [0.2, 0.25) is 0 Å². The van der Waals surface area contributed by atoms with Crippen LogP contribution in [-0.2, 0) is 13.1 Å². The molecule has 1 fully saturated rings. The number of hydrogen-bond acceptors (Lipinski definition) is 4. The van der Waals surface area contributed by atoms with Gasteiger partial charge in [0.15, 0.2) is 0 Å². The molecule has 148 valence electrons. The summed E-state index contributed by atoms with van der Waals surface area (Å²) in [4.78, 5) is 7.74. The lowest BCUT2D eigenvalue weighted by atomic mass is 9.85. The first-order valence-corrected chi connectivity index (χ1v) is 10.8. The van der Waals surface area contributed by atoms with Crippen molar-refractivity contribution in [1.29, 1.82) is 0 Å². The Morgan fingerprint density at radius 3 is 2.93 bits per heavy atom. The first-order chi connectivity index (χ1) is 14.2. The molecule has 5 rings (SSSR count). The molecule has 1 saturated carbocycles. The molecule has 0 radical (unpaired) electrons. The van der Waals surface area contributed by atoms with Gasteiger partial charge in [0.05, 0.1) is 12.7 Å². The van der Waals surface area contributed by atoms with Crippen molar-refractivity contribution in [3.05, 3.63) is 64.7 Å². The molecule has 1 aliphatic rings. The quantitative estimate of drug-likeness (QED) is 0.434. The van der Waals surface area contributed by atoms with E-state index in [0.29, 0.717) is 6.54 Å². The lowest BCUT2D eigenvalue weighted by molar-refractivity contribution is 0.301. The molecule has 0 amide bonds. The number of aromatic amines is 1. The molecule has 6 nitrogen and oxygen atoms in total. The number of halogens is 1.